The zero-order valence-electron chi connectivity index (χ0n) is 10.5. The summed E-state index contributed by atoms with van der Waals surface area (Å²) >= 11 is 1.28. The highest BCUT2D eigenvalue weighted by molar-refractivity contribution is 7.99. The van der Waals surface area contributed by atoms with Crippen molar-refractivity contribution < 1.29 is 9.90 Å². The summed E-state index contributed by atoms with van der Waals surface area (Å²) in [6.07, 6.45) is 1.00. The Hall–Kier alpha value is -1.49. The van der Waals surface area contributed by atoms with Crippen molar-refractivity contribution in [1.29, 1.82) is 0 Å². The van der Waals surface area contributed by atoms with Gasteiger partial charge in [-0.15, -0.1) is 0 Å². The van der Waals surface area contributed by atoms with Crippen LogP contribution < -0.4 is 0 Å². The minimum absolute atomic E-state index is 0.0477. The lowest BCUT2D eigenvalue weighted by atomic mass is 10.2. The molecule has 2 rings (SSSR count). The number of aryl methyl sites for hydroxylation is 2. The molecule has 0 atom stereocenters. The van der Waals surface area contributed by atoms with Gasteiger partial charge in [0.2, 0.25) is 0 Å². The molecule has 0 saturated carbocycles. The van der Waals surface area contributed by atoms with E-state index in [4.69, 9.17) is 5.11 Å². The average molecular weight is 264 g/mol. The van der Waals surface area contributed by atoms with E-state index in [-0.39, 0.29) is 5.75 Å². The van der Waals surface area contributed by atoms with E-state index in [2.05, 4.69) is 29.5 Å². The molecular formula is C13H16N2O2S. The largest absolute Gasteiger partial charge is 0.481 e. The van der Waals surface area contributed by atoms with Crippen LogP contribution in [0.1, 0.15) is 18.9 Å². The summed E-state index contributed by atoms with van der Waals surface area (Å²) in [4.78, 5) is 15.2. The van der Waals surface area contributed by atoms with Gasteiger partial charge in [0.15, 0.2) is 5.16 Å². The molecule has 1 aromatic heterocycles. The van der Waals surface area contributed by atoms with Crippen LogP contribution in [0.25, 0.3) is 11.0 Å². The van der Waals surface area contributed by atoms with E-state index in [1.807, 2.05) is 12.1 Å². The van der Waals surface area contributed by atoms with Crippen molar-refractivity contribution in [3.05, 3.63) is 23.8 Å². The fourth-order valence-electron chi connectivity index (χ4n) is 2.01. The zero-order valence-corrected chi connectivity index (χ0v) is 11.3. The van der Waals surface area contributed by atoms with Gasteiger partial charge in [-0.2, -0.15) is 0 Å². The number of carbonyl (C=O) groups is 1. The minimum Gasteiger partial charge on any atom is -0.481 e. The Labute approximate surface area is 110 Å². The van der Waals surface area contributed by atoms with Crippen molar-refractivity contribution >= 4 is 28.8 Å². The van der Waals surface area contributed by atoms with Gasteiger partial charge in [-0.25, -0.2) is 4.98 Å². The monoisotopic (exact) mass is 264 g/mol. The number of imidazole rings is 1. The van der Waals surface area contributed by atoms with Crippen LogP contribution in [0.3, 0.4) is 0 Å². The molecule has 1 N–H and O–H groups in total. The molecule has 5 heteroatoms. The fraction of sp³-hybridized carbons (Fsp3) is 0.385. The van der Waals surface area contributed by atoms with Gasteiger partial charge in [0.05, 0.1) is 16.8 Å². The predicted octanol–water partition coefficient (Wildman–Crippen LogP) is 2.93. The highest BCUT2D eigenvalue weighted by Crippen LogP contribution is 2.26. The van der Waals surface area contributed by atoms with Gasteiger partial charge in [-0.3, -0.25) is 4.79 Å². The third-order valence-electron chi connectivity index (χ3n) is 2.71. The number of carboxylic acids is 1. The Kier molecular flexibility index (Phi) is 3.91. The number of rotatable bonds is 5. The molecule has 0 bridgehead atoms. The fourth-order valence-corrected chi connectivity index (χ4v) is 2.77. The lowest BCUT2D eigenvalue weighted by Gasteiger charge is -2.07. The third kappa shape index (κ3) is 2.51. The maximum atomic E-state index is 10.7. The molecule has 1 heterocycles. The molecule has 4 nitrogen and oxygen atoms in total. The Morgan fingerprint density at radius 3 is 2.94 bits per heavy atom. The van der Waals surface area contributed by atoms with Crippen molar-refractivity contribution in [2.45, 2.75) is 32.0 Å². The number of thioether (sulfide) groups is 1. The molecular weight excluding hydrogens is 248 g/mol. The van der Waals surface area contributed by atoms with Gasteiger partial charge in [0.1, 0.15) is 0 Å². The summed E-state index contributed by atoms with van der Waals surface area (Å²) in [6.45, 7) is 5.03. The van der Waals surface area contributed by atoms with Crippen molar-refractivity contribution in [2.75, 3.05) is 5.75 Å². The number of aromatic nitrogens is 2. The molecule has 0 aliphatic heterocycles. The van der Waals surface area contributed by atoms with E-state index in [9.17, 15) is 4.79 Å². The summed E-state index contributed by atoms with van der Waals surface area (Å²) in [5.74, 6) is -0.765. The topological polar surface area (TPSA) is 55.1 Å². The normalized spacial score (nSPS) is 11.0. The second-order valence-corrected chi connectivity index (χ2v) is 5.11. The molecule has 2 aromatic rings. The molecule has 1 aromatic carbocycles. The molecule has 0 saturated heterocycles. The van der Waals surface area contributed by atoms with E-state index >= 15 is 0 Å². The summed E-state index contributed by atoms with van der Waals surface area (Å²) < 4.78 is 2.12. The molecule has 0 amide bonds. The maximum Gasteiger partial charge on any atom is 0.313 e. The van der Waals surface area contributed by atoms with Crippen LogP contribution in [0.4, 0.5) is 0 Å². The molecule has 0 unspecified atom stereocenters. The quantitative estimate of drug-likeness (QED) is 0.844. The SMILES string of the molecule is CCCn1c(SCC(=O)O)nc2cccc(C)c21. The van der Waals surface area contributed by atoms with Crippen LogP contribution in [0.5, 0.6) is 0 Å². The molecule has 0 radical (unpaired) electrons. The lowest BCUT2D eigenvalue weighted by Crippen LogP contribution is -2.03. The third-order valence-corrected chi connectivity index (χ3v) is 3.67. The van der Waals surface area contributed by atoms with Crippen LogP contribution in [0.2, 0.25) is 0 Å². The summed E-state index contributed by atoms with van der Waals surface area (Å²) in [6, 6.07) is 6.01. The Balaban J connectivity index is 2.47. The minimum atomic E-state index is -0.813. The van der Waals surface area contributed by atoms with Crippen molar-refractivity contribution in [1.82, 2.24) is 9.55 Å². The second-order valence-electron chi connectivity index (χ2n) is 4.17. The number of nitrogens with zero attached hydrogens (tertiary/aromatic N) is 2. The predicted molar refractivity (Wildman–Crippen MR) is 73.1 cm³/mol. The number of hydrogen-bond donors (Lipinski definition) is 1. The van der Waals surface area contributed by atoms with E-state index in [1.165, 1.54) is 17.3 Å². The Morgan fingerprint density at radius 1 is 1.50 bits per heavy atom. The first-order chi connectivity index (χ1) is 8.63. The summed E-state index contributed by atoms with van der Waals surface area (Å²) in [5.41, 5.74) is 3.24. The van der Waals surface area contributed by atoms with E-state index in [1.54, 1.807) is 0 Å². The summed E-state index contributed by atoms with van der Waals surface area (Å²) in [7, 11) is 0. The van der Waals surface area contributed by atoms with Crippen molar-refractivity contribution in [3.63, 3.8) is 0 Å². The van der Waals surface area contributed by atoms with Crippen LogP contribution in [0.15, 0.2) is 23.4 Å². The zero-order chi connectivity index (χ0) is 13.1. The van der Waals surface area contributed by atoms with Gasteiger partial charge in [-0.1, -0.05) is 30.8 Å². The number of aliphatic carboxylic acids is 1. The molecule has 0 spiro atoms. The van der Waals surface area contributed by atoms with E-state index in [0.29, 0.717) is 0 Å². The van der Waals surface area contributed by atoms with Gasteiger partial charge >= 0.3 is 5.97 Å². The Morgan fingerprint density at radius 2 is 2.28 bits per heavy atom. The van der Waals surface area contributed by atoms with Gasteiger partial charge in [-0.05, 0) is 25.0 Å². The highest BCUT2D eigenvalue weighted by Gasteiger charge is 2.13. The average Bonchev–Trinajstić information content (AvgIpc) is 2.67. The molecule has 0 fully saturated rings. The van der Waals surface area contributed by atoms with Crippen molar-refractivity contribution in [3.8, 4) is 0 Å². The number of para-hydroxylation sites is 1. The van der Waals surface area contributed by atoms with Crippen molar-refractivity contribution in [2.24, 2.45) is 0 Å². The van der Waals surface area contributed by atoms with Crippen LogP contribution in [0, 0.1) is 6.92 Å². The van der Waals surface area contributed by atoms with E-state index in [0.717, 1.165) is 29.2 Å². The highest BCUT2D eigenvalue weighted by atomic mass is 32.2. The standard InChI is InChI=1S/C13H16N2O2S/c1-3-7-15-12-9(2)5-4-6-10(12)14-13(15)18-8-11(16)17/h4-6H,3,7-8H2,1-2H3,(H,16,17). The number of benzene rings is 1. The number of hydrogen-bond acceptors (Lipinski definition) is 3. The number of fused-ring (bicyclic) bond motifs is 1. The molecule has 96 valence electrons. The van der Waals surface area contributed by atoms with Crippen LogP contribution in [-0.4, -0.2) is 26.4 Å². The van der Waals surface area contributed by atoms with Crippen LogP contribution >= 0.6 is 11.8 Å². The maximum absolute atomic E-state index is 10.7. The molecule has 0 aliphatic carbocycles. The van der Waals surface area contributed by atoms with Gasteiger partial charge in [0, 0.05) is 6.54 Å². The molecule has 18 heavy (non-hydrogen) atoms. The first-order valence-corrected chi connectivity index (χ1v) is 6.92. The Bertz CT molecular complexity index is 578. The van der Waals surface area contributed by atoms with E-state index < -0.39 is 5.97 Å². The lowest BCUT2D eigenvalue weighted by molar-refractivity contribution is -0.133. The second kappa shape index (κ2) is 5.44. The number of carboxylic acid groups (broad SMARTS) is 1. The van der Waals surface area contributed by atoms with Gasteiger partial charge in [0.25, 0.3) is 0 Å². The first-order valence-electron chi connectivity index (χ1n) is 5.94. The summed E-state index contributed by atoms with van der Waals surface area (Å²) in [5, 5.41) is 9.56. The van der Waals surface area contributed by atoms with Crippen LogP contribution in [-0.2, 0) is 11.3 Å². The molecule has 0 aliphatic rings. The van der Waals surface area contributed by atoms with Gasteiger partial charge < -0.3 is 9.67 Å². The first kappa shape index (κ1) is 13.0. The smallest absolute Gasteiger partial charge is 0.313 e.